The quantitative estimate of drug-likeness (QED) is 0.473. The molecule has 0 saturated carbocycles. The lowest BCUT2D eigenvalue weighted by Gasteiger charge is -2.00. The molecule has 1 amide bonds. The first-order chi connectivity index (χ1) is 5.77. The summed E-state index contributed by atoms with van der Waals surface area (Å²) >= 11 is 0. The monoisotopic (exact) mass is 167 g/mol. The van der Waals surface area contributed by atoms with Gasteiger partial charge in [0.25, 0.3) is 0 Å². The molecule has 0 saturated heterocycles. The number of hydrogen-bond donors (Lipinski definition) is 1. The van der Waals surface area contributed by atoms with Crippen molar-refractivity contribution in [1.29, 1.82) is 0 Å². The largest absolute Gasteiger partial charge is 0.356 e. The van der Waals surface area contributed by atoms with Crippen molar-refractivity contribution in [2.45, 2.75) is 39.0 Å². The van der Waals surface area contributed by atoms with Crippen LogP contribution in [-0.2, 0) is 4.79 Å². The number of carbonyl (C=O) groups is 1. The predicted octanol–water partition coefficient (Wildman–Crippen LogP) is 1.71. The third-order valence-electron chi connectivity index (χ3n) is 1.62. The number of rotatable bonds is 6. The molecule has 0 spiro atoms. The minimum atomic E-state index is 0.0543. The van der Waals surface area contributed by atoms with Gasteiger partial charge in [0.05, 0.1) is 0 Å². The fourth-order valence-electron chi connectivity index (χ4n) is 0.970. The highest BCUT2D eigenvalue weighted by atomic mass is 16.1. The van der Waals surface area contributed by atoms with Gasteiger partial charge < -0.3 is 5.32 Å². The highest BCUT2D eigenvalue weighted by Gasteiger charge is 1.90. The van der Waals surface area contributed by atoms with Crippen molar-refractivity contribution < 1.29 is 4.79 Å². The van der Waals surface area contributed by atoms with Crippen LogP contribution in [0.3, 0.4) is 0 Å². The van der Waals surface area contributed by atoms with Crippen LogP contribution in [0.4, 0.5) is 0 Å². The third-order valence-corrected chi connectivity index (χ3v) is 1.62. The number of amides is 1. The molecule has 0 bridgehead atoms. The molecule has 0 aliphatic carbocycles. The molecule has 2 nitrogen and oxygen atoms in total. The van der Waals surface area contributed by atoms with E-state index in [0.717, 1.165) is 32.2 Å². The normalized spacial score (nSPS) is 9.00. The average Bonchev–Trinajstić information content (AvgIpc) is 2.02. The highest BCUT2D eigenvalue weighted by Crippen LogP contribution is 2.00. The Kier molecular flexibility index (Phi) is 7.47. The van der Waals surface area contributed by atoms with E-state index in [0.29, 0.717) is 0 Å². The lowest BCUT2D eigenvalue weighted by Crippen LogP contribution is -2.20. The second-order valence-electron chi connectivity index (χ2n) is 2.85. The fraction of sp³-hybridized carbons (Fsp3) is 0.700. The Hall–Kier alpha value is -0.970. The Labute approximate surface area is 74.7 Å². The number of carbonyl (C=O) groups excluding carboxylic acids is 1. The van der Waals surface area contributed by atoms with Crippen LogP contribution in [0.1, 0.15) is 39.0 Å². The maximum absolute atomic E-state index is 10.4. The van der Waals surface area contributed by atoms with Crippen molar-refractivity contribution in [2.24, 2.45) is 0 Å². The van der Waals surface area contributed by atoms with Crippen molar-refractivity contribution in [3.05, 3.63) is 0 Å². The lowest BCUT2D eigenvalue weighted by molar-refractivity contribution is -0.118. The van der Waals surface area contributed by atoms with Crippen LogP contribution in [0.5, 0.6) is 0 Å². The van der Waals surface area contributed by atoms with E-state index in [2.05, 4.69) is 11.2 Å². The fourth-order valence-corrected chi connectivity index (χ4v) is 0.970. The molecule has 2 heteroatoms. The minimum Gasteiger partial charge on any atom is -0.356 e. The third kappa shape index (κ3) is 9.03. The number of nitrogens with one attached hydrogen (secondary N) is 1. The summed E-state index contributed by atoms with van der Waals surface area (Å²) < 4.78 is 0. The maximum atomic E-state index is 10.4. The topological polar surface area (TPSA) is 29.1 Å². The van der Waals surface area contributed by atoms with Crippen LogP contribution in [0, 0.1) is 12.3 Å². The van der Waals surface area contributed by atoms with Gasteiger partial charge in [0.2, 0.25) is 5.91 Å². The molecule has 0 aromatic carbocycles. The molecule has 0 rings (SSSR count). The zero-order valence-electron chi connectivity index (χ0n) is 7.73. The second-order valence-corrected chi connectivity index (χ2v) is 2.85. The molecule has 0 radical (unpaired) electrons. The van der Waals surface area contributed by atoms with Gasteiger partial charge in [-0.25, -0.2) is 0 Å². The molecule has 0 fully saturated rings. The van der Waals surface area contributed by atoms with Gasteiger partial charge in [0.15, 0.2) is 0 Å². The van der Waals surface area contributed by atoms with Gasteiger partial charge in [-0.1, -0.05) is 12.8 Å². The molecule has 68 valence electrons. The number of hydrogen-bond acceptors (Lipinski definition) is 1. The molecule has 0 atom stereocenters. The first-order valence-electron chi connectivity index (χ1n) is 4.45. The van der Waals surface area contributed by atoms with Crippen molar-refractivity contribution in [1.82, 2.24) is 5.32 Å². The van der Waals surface area contributed by atoms with Gasteiger partial charge in [-0.2, -0.15) is 0 Å². The van der Waals surface area contributed by atoms with E-state index in [1.54, 1.807) is 6.92 Å². The minimum absolute atomic E-state index is 0.0543. The van der Waals surface area contributed by atoms with Crippen molar-refractivity contribution in [2.75, 3.05) is 6.54 Å². The first-order valence-corrected chi connectivity index (χ1v) is 4.45. The molecule has 0 aliphatic rings. The molecule has 12 heavy (non-hydrogen) atoms. The smallest absolute Gasteiger partial charge is 0.216 e. The van der Waals surface area contributed by atoms with Crippen molar-refractivity contribution >= 4 is 5.91 Å². The van der Waals surface area contributed by atoms with Crippen LogP contribution in [0.25, 0.3) is 0 Å². The zero-order chi connectivity index (χ0) is 9.23. The van der Waals surface area contributed by atoms with E-state index >= 15 is 0 Å². The summed E-state index contributed by atoms with van der Waals surface area (Å²) in [5, 5.41) is 2.76. The molecular weight excluding hydrogens is 150 g/mol. The van der Waals surface area contributed by atoms with Crippen LogP contribution in [0.15, 0.2) is 0 Å². The van der Waals surface area contributed by atoms with Gasteiger partial charge in [0, 0.05) is 19.9 Å². The zero-order valence-corrected chi connectivity index (χ0v) is 7.73. The Morgan fingerprint density at radius 1 is 1.33 bits per heavy atom. The molecule has 0 unspecified atom stereocenters. The molecule has 0 aliphatic heterocycles. The molecule has 0 aromatic heterocycles. The van der Waals surface area contributed by atoms with E-state index in [-0.39, 0.29) is 5.91 Å². The first kappa shape index (κ1) is 11.0. The van der Waals surface area contributed by atoms with E-state index < -0.39 is 0 Å². The Bertz CT molecular complexity index is 158. The molecule has 0 heterocycles. The van der Waals surface area contributed by atoms with Crippen molar-refractivity contribution in [3.8, 4) is 12.3 Å². The van der Waals surface area contributed by atoms with Crippen LogP contribution >= 0.6 is 0 Å². The summed E-state index contributed by atoms with van der Waals surface area (Å²) in [6.45, 7) is 2.34. The number of terminal acetylenes is 1. The summed E-state index contributed by atoms with van der Waals surface area (Å²) in [6, 6.07) is 0. The van der Waals surface area contributed by atoms with Crippen LogP contribution in [-0.4, -0.2) is 12.5 Å². The Morgan fingerprint density at radius 2 is 2.00 bits per heavy atom. The molecule has 0 aromatic rings. The Balaban J connectivity index is 2.92. The van der Waals surface area contributed by atoms with E-state index in [1.165, 1.54) is 6.42 Å². The molecule has 1 N–H and O–H groups in total. The standard InChI is InChI=1S/C10H17NO/c1-3-4-5-6-7-8-9-11-10(2)12/h1H,4-9H2,2H3,(H,11,12). The number of unbranched alkanes of at least 4 members (excludes halogenated alkanes) is 4. The highest BCUT2D eigenvalue weighted by molar-refractivity contribution is 5.72. The van der Waals surface area contributed by atoms with Crippen molar-refractivity contribution in [3.63, 3.8) is 0 Å². The second kappa shape index (κ2) is 8.13. The summed E-state index contributed by atoms with van der Waals surface area (Å²) in [4.78, 5) is 10.4. The van der Waals surface area contributed by atoms with Gasteiger partial charge in [0.1, 0.15) is 0 Å². The van der Waals surface area contributed by atoms with E-state index in [4.69, 9.17) is 6.42 Å². The van der Waals surface area contributed by atoms with Gasteiger partial charge in [-0.05, 0) is 12.8 Å². The van der Waals surface area contributed by atoms with Crippen LogP contribution < -0.4 is 5.32 Å². The summed E-state index contributed by atoms with van der Waals surface area (Å²) in [6.07, 6.45) is 10.5. The Morgan fingerprint density at radius 3 is 2.58 bits per heavy atom. The van der Waals surface area contributed by atoms with Gasteiger partial charge >= 0.3 is 0 Å². The SMILES string of the molecule is C#CCCCCCCNC(C)=O. The summed E-state index contributed by atoms with van der Waals surface area (Å²) in [5.74, 6) is 2.66. The maximum Gasteiger partial charge on any atom is 0.216 e. The predicted molar refractivity (Wildman–Crippen MR) is 50.6 cm³/mol. The lowest BCUT2D eigenvalue weighted by atomic mass is 10.1. The summed E-state index contributed by atoms with van der Waals surface area (Å²) in [5.41, 5.74) is 0. The molecular formula is C10H17NO. The van der Waals surface area contributed by atoms with Gasteiger partial charge in [-0.15, -0.1) is 12.3 Å². The van der Waals surface area contributed by atoms with E-state index in [1.807, 2.05) is 0 Å². The van der Waals surface area contributed by atoms with Gasteiger partial charge in [-0.3, -0.25) is 4.79 Å². The average molecular weight is 167 g/mol. The summed E-state index contributed by atoms with van der Waals surface area (Å²) in [7, 11) is 0. The van der Waals surface area contributed by atoms with E-state index in [9.17, 15) is 4.79 Å². The van der Waals surface area contributed by atoms with Crippen LogP contribution in [0.2, 0.25) is 0 Å².